The zero-order valence-electron chi connectivity index (χ0n) is 19.1. The summed E-state index contributed by atoms with van der Waals surface area (Å²) in [5, 5.41) is 0. The van der Waals surface area contributed by atoms with Crippen molar-refractivity contribution < 1.29 is 0 Å². The van der Waals surface area contributed by atoms with Crippen LogP contribution in [0.15, 0.2) is 97.1 Å². The number of quaternary nitrogens is 1. The van der Waals surface area contributed by atoms with Gasteiger partial charge in [0.15, 0.2) is 0 Å². The summed E-state index contributed by atoms with van der Waals surface area (Å²) in [5.74, 6) is 0. The fourth-order valence-corrected chi connectivity index (χ4v) is 4.54. The second-order valence-electron chi connectivity index (χ2n) is 8.67. The molecule has 0 saturated heterocycles. The molecule has 1 nitrogen and oxygen atoms in total. The monoisotopic (exact) mass is 406 g/mol. The Morgan fingerprint density at radius 1 is 0.452 bits per heavy atom. The Morgan fingerprint density at radius 3 is 1.23 bits per heavy atom. The van der Waals surface area contributed by atoms with Gasteiger partial charge in [-0.15, -0.1) is 0 Å². The van der Waals surface area contributed by atoms with Crippen LogP contribution in [0.3, 0.4) is 0 Å². The summed E-state index contributed by atoms with van der Waals surface area (Å²) in [4.78, 5) is 0. The van der Waals surface area contributed by atoms with E-state index in [0.29, 0.717) is 0 Å². The largest absolute Gasteiger partial charge is 0.251 e. The van der Waals surface area contributed by atoms with Gasteiger partial charge in [0.05, 0.1) is 0 Å². The lowest BCUT2D eigenvalue weighted by molar-refractivity contribution is 0.365. The predicted octanol–water partition coefficient (Wildman–Crippen LogP) is 7.96. The molecule has 0 radical (unpaired) electrons. The fraction of sp³-hybridized carbons (Fsp3) is 0.200. The van der Waals surface area contributed by atoms with Gasteiger partial charge in [-0.1, -0.05) is 72.8 Å². The molecule has 0 aliphatic heterocycles. The molecule has 156 valence electrons. The van der Waals surface area contributed by atoms with Gasteiger partial charge in [0.2, 0.25) is 0 Å². The van der Waals surface area contributed by atoms with E-state index in [1.807, 2.05) is 0 Å². The first-order valence-corrected chi connectivity index (χ1v) is 11.1. The normalized spacial score (nSPS) is 11.5. The van der Waals surface area contributed by atoms with Crippen LogP contribution in [0.2, 0.25) is 0 Å². The first-order chi connectivity index (χ1) is 15.0. The Morgan fingerprint density at radius 2 is 0.839 bits per heavy atom. The van der Waals surface area contributed by atoms with Gasteiger partial charge in [0, 0.05) is 11.1 Å². The van der Waals surface area contributed by atoms with E-state index in [-0.39, 0.29) is 0 Å². The van der Waals surface area contributed by atoms with Gasteiger partial charge < -0.3 is 0 Å². The molecular formula is C30H32N+. The van der Waals surface area contributed by atoms with E-state index in [2.05, 4.69) is 125 Å². The summed E-state index contributed by atoms with van der Waals surface area (Å²) in [7, 11) is 0. The summed E-state index contributed by atoms with van der Waals surface area (Å²) in [6.45, 7) is 10.8. The van der Waals surface area contributed by atoms with Gasteiger partial charge in [-0.05, 0) is 74.2 Å². The highest BCUT2D eigenvalue weighted by Crippen LogP contribution is 2.40. The minimum absolute atomic E-state index is 0.760. The highest BCUT2D eigenvalue weighted by molar-refractivity contribution is 5.60. The minimum Gasteiger partial charge on any atom is -0.251 e. The molecule has 0 aliphatic rings. The van der Waals surface area contributed by atoms with Crippen LogP contribution in [-0.2, 0) is 13.1 Å². The molecular weight excluding hydrogens is 374 g/mol. The molecule has 0 fully saturated rings. The summed E-state index contributed by atoms with van der Waals surface area (Å²) in [5.41, 5.74) is 10.9. The average molecular weight is 407 g/mol. The van der Waals surface area contributed by atoms with Gasteiger partial charge >= 0.3 is 0 Å². The lowest BCUT2D eigenvalue weighted by Crippen LogP contribution is -2.43. The van der Waals surface area contributed by atoms with Crippen molar-refractivity contribution in [1.82, 2.24) is 4.48 Å². The van der Waals surface area contributed by atoms with Crippen molar-refractivity contribution in [3.63, 3.8) is 0 Å². The van der Waals surface area contributed by atoms with Gasteiger partial charge in [0.1, 0.15) is 24.5 Å². The number of rotatable bonds is 6. The number of hydrogen-bond donors (Lipinski definition) is 0. The van der Waals surface area contributed by atoms with E-state index in [1.165, 1.54) is 44.8 Å². The molecule has 0 saturated carbocycles. The van der Waals surface area contributed by atoms with Crippen molar-refractivity contribution in [2.45, 2.75) is 40.8 Å². The van der Waals surface area contributed by atoms with Crippen molar-refractivity contribution in [2.75, 3.05) is 0 Å². The van der Waals surface area contributed by atoms with E-state index in [0.717, 1.165) is 17.6 Å². The number of benzene rings is 4. The Labute approximate surface area is 187 Å². The van der Waals surface area contributed by atoms with Crippen LogP contribution < -0.4 is 4.48 Å². The molecule has 0 atom stereocenters. The maximum atomic E-state index is 2.30. The predicted molar refractivity (Wildman–Crippen MR) is 134 cm³/mol. The van der Waals surface area contributed by atoms with Crippen molar-refractivity contribution in [1.29, 1.82) is 0 Å². The number of aryl methyl sites for hydroxylation is 2. The molecule has 4 aromatic rings. The Bertz CT molecular complexity index is 1060. The molecule has 4 rings (SSSR count). The fourth-order valence-electron chi connectivity index (χ4n) is 4.54. The number of nitrogens with zero attached hydrogens (tertiary/aromatic N) is 1. The molecule has 0 aromatic heterocycles. The van der Waals surface area contributed by atoms with Gasteiger partial charge in [-0.3, -0.25) is 4.48 Å². The summed E-state index contributed by atoms with van der Waals surface area (Å²) < 4.78 is 0.760. The molecule has 0 bridgehead atoms. The molecule has 0 heterocycles. The highest BCUT2D eigenvalue weighted by atomic mass is 15.4. The molecule has 4 aromatic carbocycles. The van der Waals surface area contributed by atoms with E-state index in [1.54, 1.807) is 0 Å². The van der Waals surface area contributed by atoms with Crippen LogP contribution in [-0.4, -0.2) is 0 Å². The third-order valence-corrected chi connectivity index (χ3v) is 6.82. The maximum Gasteiger partial charge on any atom is 0.138 e. The topological polar surface area (TPSA) is 0 Å². The van der Waals surface area contributed by atoms with E-state index in [9.17, 15) is 0 Å². The van der Waals surface area contributed by atoms with Gasteiger partial charge in [-0.2, -0.15) is 0 Å². The van der Waals surface area contributed by atoms with Crippen molar-refractivity contribution in [3.05, 3.63) is 130 Å². The number of hydrogen-bond acceptors (Lipinski definition) is 0. The summed E-state index contributed by atoms with van der Waals surface area (Å²) in [6.07, 6.45) is 0. The molecule has 0 spiro atoms. The average Bonchev–Trinajstić information content (AvgIpc) is 2.80. The lowest BCUT2D eigenvalue weighted by Gasteiger charge is -2.39. The van der Waals surface area contributed by atoms with Crippen LogP contribution in [0.25, 0.3) is 0 Å². The molecule has 0 amide bonds. The second-order valence-corrected chi connectivity index (χ2v) is 8.67. The SMILES string of the molecule is Cc1cccc(C[N+](Cc2cccc(C)c2C)(c2ccccc2)c2ccccc2)c1C. The van der Waals surface area contributed by atoms with E-state index >= 15 is 0 Å². The Kier molecular flexibility index (Phi) is 6.06. The van der Waals surface area contributed by atoms with Crippen LogP contribution in [0.5, 0.6) is 0 Å². The standard InChI is InChI=1S/C30H32N/c1-23-13-11-15-27(25(23)3)21-31(29-17-7-5-8-18-29,30-19-9-6-10-20-30)22-28-16-12-14-24(2)26(28)4/h5-20H,21-22H2,1-4H3/q+1. The van der Waals surface area contributed by atoms with Crippen molar-refractivity contribution >= 4 is 11.4 Å². The third-order valence-electron chi connectivity index (χ3n) is 6.82. The van der Waals surface area contributed by atoms with Gasteiger partial charge in [-0.25, -0.2) is 0 Å². The van der Waals surface area contributed by atoms with Crippen molar-refractivity contribution in [3.8, 4) is 0 Å². The molecule has 0 unspecified atom stereocenters. The molecule has 0 N–H and O–H groups in total. The molecule has 0 aliphatic carbocycles. The molecule has 31 heavy (non-hydrogen) atoms. The van der Waals surface area contributed by atoms with E-state index in [4.69, 9.17) is 0 Å². The zero-order chi connectivity index (χ0) is 21.8. The quantitative estimate of drug-likeness (QED) is 0.285. The first kappa shape index (κ1) is 21.1. The number of para-hydroxylation sites is 2. The van der Waals surface area contributed by atoms with Crippen molar-refractivity contribution in [2.24, 2.45) is 0 Å². The first-order valence-electron chi connectivity index (χ1n) is 11.1. The van der Waals surface area contributed by atoms with Crippen LogP contribution >= 0.6 is 0 Å². The second kappa shape index (κ2) is 8.91. The lowest BCUT2D eigenvalue weighted by atomic mass is 9.97. The molecule has 1 heteroatoms. The van der Waals surface area contributed by atoms with Crippen LogP contribution in [0.1, 0.15) is 33.4 Å². The third kappa shape index (κ3) is 4.19. The highest BCUT2D eigenvalue weighted by Gasteiger charge is 2.35. The smallest absolute Gasteiger partial charge is 0.138 e. The Balaban J connectivity index is 1.97. The summed E-state index contributed by atoms with van der Waals surface area (Å²) >= 11 is 0. The van der Waals surface area contributed by atoms with Gasteiger partial charge in [0.25, 0.3) is 0 Å². The Hall–Kier alpha value is -3.16. The van der Waals surface area contributed by atoms with Crippen LogP contribution in [0, 0.1) is 27.7 Å². The van der Waals surface area contributed by atoms with Crippen LogP contribution in [0.4, 0.5) is 11.4 Å². The van der Waals surface area contributed by atoms with E-state index < -0.39 is 0 Å². The summed E-state index contributed by atoms with van der Waals surface area (Å²) in [6, 6.07) is 35.4. The minimum atomic E-state index is 0.760. The zero-order valence-corrected chi connectivity index (χ0v) is 19.1. The maximum absolute atomic E-state index is 2.30.